The van der Waals surface area contributed by atoms with Crippen LogP contribution < -0.4 is 16.0 Å². The van der Waals surface area contributed by atoms with Crippen molar-refractivity contribution in [3.63, 3.8) is 0 Å². The van der Waals surface area contributed by atoms with Crippen molar-refractivity contribution in [2.24, 2.45) is 0 Å². The van der Waals surface area contributed by atoms with Crippen LogP contribution >= 0.6 is 0 Å². The van der Waals surface area contributed by atoms with Gasteiger partial charge in [0.05, 0.1) is 0 Å². The highest BCUT2D eigenvalue weighted by Crippen LogP contribution is 2.28. The number of piperidine rings is 1. The van der Waals surface area contributed by atoms with Crippen LogP contribution in [0.1, 0.15) is 47.2 Å². The molecule has 3 rings (SSSR count). The Hall–Kier alpha value is -2.25. The number of unbranched alkanes of at least 4 members (excludes halogenated alkanes) is 1. The molecule has 0 aliphatic carbocycles. The average Bonchev–Trinajstić information content (AvgIpc) is 2.94. The summed E-state index contributed by atoms with van der Waals surface area (Å²) >= 11 is 0. The second kappa shape index (κ2) is 8.42. The van der Waals surface area contributed by atoms with Crippen LogP contribution in [0, 0.1) is 0 Å². The molecule has 7 nitrogen and oxygen atoms in total. The second-order valence-corrected chi connectivity index (χ2v) is 6.88. The number of imide groups is 1. The van der Waals surface area contributed by atoms with Gasteiger partial charge < -0.3 is 15.5 Å². The minimum absolute atomic E-state index is 0.120. The molecule has 0 saturated carbocycles. The fourth-order valence-corrected chi connectivity index (χ4v) is 3.50. The monoisotopic (exact) mass is 358 g/mol. The Morgan fingerprint density at radius 2 is 2.00 bits per heavy atom. The van der Waals surface area contributed by atoms with Gasteiger partial charge in [-0.25, -0.2) is 0 Å². The summed E-state index contributed by atoms with van der Waals surface area (Å²) in [5.74, 6) is -0.755. The molecule has 1 unspecified atom stereocenters. The molecule has 0 aromatic heterocycles. The Balaban J connectivity index is 1.58. The Labute approximate surface area is 153 Å². The van der Waals surface area contributed by atoms with Gasteiger partial charge in [-0.1, -0.05) is 12.1 Å². The molecule has 140 valence electrons. The van der Waals surface area contributed by atoms with Gasteiger partial charge in [-0.05, 0) is 56.6 Å². The van der Waals surface area contributed by atoms with Crippen LogP contribution in [0.15, 0.2) is 18.2 Å². The maximum atomic E-state index is 12.8. The topological polar surface area (TPSA) is 90.5 Å². The number of amides is 3. The highest BCUT2D eigenvalue weighted by molar-refractivity contribution is 6.05. The van der Waals surface area contributed by atoms with Crippen LogP contribution in [0.2, 0.25) is 0 Å². The van der Waals surface area contributed by atoms with Gasteiger partial charge in [0.1, 0.15) is 6.04 Å². The summed E-state index contributed by atoms with van der Waals surface area (Å²) in [6.07, 6.45) is 2.91. The van der Waals surface area contributed by atoms with Gasteiger partial charge in [0.2, 0.25) is 11.8 Å². The third-order valence-electron chi connectivity index (χ3n) is 4.95. The smallest absolute Gasteiger partial charge is 0.255 e. The number of rotatable bonds is 8. The lowest BCUT2D eigenvalue weighted by molar-refractivity contribution is -0.136. The molecule has 0 spiro atoms. The minimum Gasteiger partial charge on any atom is -0.322 e. The molecule has 7 heteroatoms. The number of hydrogen-bond donors (Lipinski definition) is 3. The molecule has 26 heavy (non-hydrogen) atoms. The molecule has 1 aromatic rings. The first-order chi connectivity index (χ1) is 12.6. The number of carbonyl (C=O) groups is 3. The predicted molar refractivity (Wildman–Crippen MR) is 97.4 cm³/mol. The quantitative estimate of drug-likeness (QED) is 0.466. The Morgan fingerprint density at radius 3 is 2.77 bits per heavy atom. The molecule has 2 aliphatic heterocycles. The summed E-state index contributed by atoms with van der Waals surface area (Å²) in [5.41, 5.74) is 2.68. The third-order valence-corrected chi connectivity index (χ3v) is 4.95. The summed E-state index contributed by atoms with van der Waals surface area (Å²) in [6, 6.07) is 5.36. The van der Waals surface area contributed by atoms with E-state index in [2.05, 4.69) is 16.0 Å². The number of nitrogens with zero attached hydrogens (tertiary/aromatic N) is 1. The molecule has 1 atom stereocenters. The predicted octanol–water partition coefficient (Wildman–Crippen LogP) is 0.537. The van der Waals surface area contributed by atoms with E-state index in [9.17, 15) is 14.4 Å². The van der Waals surface area contributed by atoms with Crippen LogP contribution in [0.5, 0.6) is 0 Å². The molecule has 3 amide bonds. The van der Waals surface area contributed by atoms with Gasteiger partial charge in [0, 0.05) is 25.1 Å². The zero-order chi connectivity index (χ0) is 18.5. The van der Waals surface area contributed by atoms with Crippen LogP contribution in [-0.2, 0) is 22.7 Å². The van der Waals surface area contributed by atoms with E-state index < -0.39 is 6.04 Å². The van der Waals surface area contributed by atoms with E-state index in [1.807, 2.05) is 25.2 Å². The lowest BCUT2D eigenvalue weighted by Gasteiger charge is -2.29. The zero-order valence-corrected chi connectivity index (χ0v) is 15.1. The van der Waals surface area contributed by atoms with Crippen molar-refractivity contribution in [1.29, 1.82) is 0 Å². The number of carbonyl (C=O) groups excluding carboxylic acids is 3. The second-order valence-electron chi connectivity index (χ2n) is 6.88. The van der Waals surface area contributed by atoms with E-state index in [1.165, 1.54) is 0 Å². The number of hydrogen-bond acceptors (Lipinski definition) is 5. The molecular weight excluding hydrogens is 332 g/mol. The number of nitrogens with one attached hydrogen (secondary N) is 3. The zero-order valence-electron chi connectivity index (χ0n) is 15.1. The van der Waals surface area contributed by atoms with Crippen molar-refractivity contribution < 1.29 is 14.4 Å². The first kappa shape index (κ1) is 18.5. The maximum absolute atomic E-state index is 12.8. The van der Waals surface area contributed by atoms with E-state index in [-0.39, 0.29) is 24.1 Å². The summed E-state index contributed by atoms with van der Waals surface area (Å²) in [6.45, 7) is 3.11. The Kier molecular flexibility index (Phi) is 6.00. The van der Waals surface area contributed by atoms with Crippen LogP contribution in [0.3, 0.4) is 0 Å². The van der Waals surface area contributed by atoms with Crippen LogP contribution in [-0.4, -0.2) is 48.8 Å². The average molecular weight is 358 g/mol. The first-order valence-corrected chi connectivity index (χ1v) is 9.22. The summed E-state index contributed by atoms with van der Waals surface area (Å²) < 4.78 is 0. The van der Waals surface area contributed by atoms with Gasteiger partial charge in [-0.3, -0.25) is 19.7 Å². The molecule has 2 aliphatic rings. The third kappa shape index (κ3) is 4.11. The maximum Gasteiger partial charge on any atom is 0.255 e. The highest BCUT2D eigenvalue weighted by Gasteiger charge is 2.38. The minimum atomic E-state index is -0.554. The fraction of sp³-hybridized carbons (Fsp3) is 0.526. The van der Waals surface area contributed by atoms with Crippen molar-refractivity contribution in [3.8, 4) is 0 Å². The molecular formula is C19H26N4O3. The van der Waals surface area contributed by atoms with Crippen molar-refractivity contribution >= 4 is 17.7 Å². The van der Waals surface area contributed by atoms with Crippen molar-refractivity contribution in [2.75, 3.05) is 20.1 Å². The van der Waals surface area contributed by atoms with Crippen molar-refractivity contribution in [1.82, 2.24) is 20.9 Å². The lowest BCUT2D eigenvalue weighted by Crippen LogP contribution is -2.52. The van der Waals surface area contributed by atoms with Crippen molar-refractivity contribution in [2.45, 2.75) is 44.8 Å². The summed E-state index contributed by atoms with van der Waals surface area (Å²) in [5, 5.41) is 8.86. The molecule has 0 bridgehead atoms. The molecule has 1 aromatic carbocycles. The fourth-order valence-electron chi connectivity index (χ4n) is 3.50. The summed E-state index contributed by atoms with van der Waals surface area (Å²) in [7, 11) is 1.95. The molecule has 1 fully saturated rings. The van der Waals surface area contributed by atoms with E-state index in [0.717, 1.165) is 43.6 Å². The van der Waals surface area contributed by atoms with Gasteiger partial charge in [0.25, 0.3) is 5.91 Å². The van der Waals surface area contributed by atoms with Gasteiger partial charge in [-0.15, -0.1) is 0 Å². The highest BCUT2D eigenvalue weighted by atomic mass is 16.2. The SMILES string of the molecule is CNCCCCNCc1ccc2c(c1)C(=O)N(C1CCC(=O)NC1=O)C2. The molecule has 3 N–H and O–H groups in total. The Bertz CT molecular complexity index is 704. The summed E-state index contributed by atoms with van der Waals surface area (Å²) in [4.78, 5) is 37.7. The Morgan fingerprint density at radius 1 is 1.19 bits per heavy atom. The first-order valence-electron chi connectivity index (χ1n) is 9.22. The van der Waals surface area contributed by atoms with E-state index in [1.54, 1.807) is 4.90 Å². The normalized spacial score (nSPS) is 19.7. The van der Waals surface area contributed by atoms with Crippen LogP contribution in [0.4, 0.5) is 0 Å². The van der Waals surface area contributed by atoms with Crippen molar-refractivity contribution in [3.05, 3.63) is 34.9 Å². The molecule has 1 saturated heterocycles. The standard InChI is InChI=1S/C19H26N4O3/c1-20-8-2-3-9-21-11-13-4-5-14-12-23(19(26)15(14)10-13)16-6-7-17(24)22-18(16)25/h4-5,10,16,20-21H,2-3,6-9,11-12H2,1H3,(H,22,24,25). The van der Waals surface area contributed by atoms with Crippen LogP contribution in [0.25, 0.3) is 0 Å². The van der Waals surface area contributed by atoms with Gasteiger partial charge >= 0.3 is 0 Å². The van der Waals surface area contributed by atoms with Gasteiger partial charge in [-0.2, -0.15) is 0 Å². The van der Waals surface area contributed by atoms with E-state index >= 15 is 0 Å². The lowest BCUT2D eigenvalue weighted by atomic mass is 10.0. The van der Waals surface area contributed by atoms with Gasteiger partial charge in [0.15, 0.2) is 0 Å². The molecule has 2 heterocycles. The van der Waals surface area contributed by atoms with E-state index in [4.69, 9.17) is 0 Å². The number of fused-ring (bicyclic) bond motifs is 1. The molecule has 0 radical (unpaired) electrons. The number of benzene rings is 1. The largest absolute Gasteiger partial charge is 0.322 e. The van der Waals surface area contributed by atoms with E-state index in [0.29, 0.717) is 18.5 Å².